The minimum absolute atomic E-state index is 0.139. The number of carbonyl (C=O) groups is 1. The normalized spacial score (nSPS) is 10.9. The van der Waals surface area contributed by atoms with Crippen molar-refractivity contribution in [3.05, 3.63) is 51.8 Å². The molecule has 1 aromatic carbocycles. The smallest absolute Gasteiger partial charge is 0.341 e. The van der Waals surface area contributed by atoms with Crippen LogP contribution in [0.2, 0.25) is 10.2 Å². The molecule has 6 heteroatoms. The molecule has 1 aromatic heterocycles. The van der Waals surface area contributed by atoms with E-state index in [1.807, 2.05) is 30.3 Å². The lowest BCUT2D eigenvalue weighted by Crippen LogP contribution is -2.07. The molecule has 0 aliphatic heterocycles. The fourth-order valence-corrected chi connectivity index (χ4v) is 2.04. The quantitative estimate of drug-likeness (QED) is 0.678. The number of hydrogen-bond acceptors (Lipinski definition) is 3. The Morgan fingerprint density at radius 1 is 1.35 bits per heavy atom. The van der Waals surface area contributed by atoms with Crippen molar-refractivity contribution in [3.63, 3.8) is 0 Å². The summed E-state index contributed by atoms with van der Waals surface area (Å²) in [7, 11) is 0. The van der Waals surface area contributed by atoms with Crippen molar-refractivity contribution in [2.24, 2.45) is 4.99 Å². The fraction of sp³-hybridized carbons (Fsp3) is 0.143. The van der Waals surface area contributed by atoms with Crippen LogP contribution in [0.4, 0.5) is 5.69 Å². The van der Waals surface area contributed by atoms with E-state index in [4.69, 9.17) is 27.9 Å². The van der Waals surface area contributed by atoms with Crippen LogP contribution in [0.3, 0.4) is 0 Å². The first kappa shape index (κ1) is 14.6. The van der Waals surface area contributed by atoms with Crippen LogP contribution in [0.5, 0.6) is 0 Å². The molecule has 0 radical (unpaired) electrons. The van der Waals surface area contributed by atoms with Gasteiger partial charge in [-0.25, -0.2) is 4.79 Å². The number of hydrogen-bond donors (Lipinski definition) is 1. The molecule has 2 rings (SSSR count). The first-order chi connectivity index (χ1) is 9.63. The highest BCUT2D eigenvalue weighted by molar-refractivity contribution is 6.43. The summed E-state index contributed by atoms with van der Waals surface area (Å²) in [5, 5.41) is 0.323. The molecule has 1 N–H and O–H groups in total. The Balaban J connectivity index is 2.35. The standard InChI is InChI=1S/C14H12Cl2N2O2/c1-2-20-14(19)11-10(18-13(16)12(11)15)8-17-9-6-4-3-5-7-9/h3-8,18H,2H2,1H3. The highest BCUT2D eigenvalue weighted by Crippen LogP contribution is 2.28. The van der Waals surface area contributed by atoms with Gasteiger partial charge < -0.3 is 9.72 Å². The summed E-state index contributed by atoms with van der Waals surface area (Å²) in [5.74, 6) is -0.532. The van der Waals surface area contributed by atoms with Crippen molar-refractivity contribution >= 4 is 41.1 Å². The lowest BCUT2D eigenvalue weighted by molar-refractivity contribution is 0.0526. The summed E-state index contributed by atoms with van der Waals surface area (Å²) < 4.78 is 4.95. The Kier molecular flexibility index (Phi) is 4.82. The fourth-order valence-electron chi connectivity index (χ4n) is 1.62. The third-order valence-corrected chi connectivity index (χ3v) is 3.26. The van der Waals surface area contributed by atoms with E-state index in [9.17, 15) is 4.79 Å². The number of halogens is 2. The monoisotopic (exact) mass is 310 g/mol. The van der Waals surface area contributed by atoms with Gasteiger partial charge in [-0.3, -0.25) is 4.99 Å². The number of nitrogens with zero attached hydrogens (tertiary/aromatic N) is 1. The van der Waals surface area contributed by atoms with Crippen LogP contribution in [-0.4, -0.2) is 23.8 Å². The number of ether oxygens (including phenoxy) is 1. The number of carbonyl (C=O) groups excluding carboxylic acids is 1. The van der Waals surface area contributed by atoms with Crippen molar-refractivity contribution in [3.8, 4) is 0 Å². The molecule has 0 saturated heterocycles. The summed E-state index contributed by atoms with van der Waals surface area (Å²) in [6.07, 6.45) is 1.50. The van der Waals surface area contributed by atoms with Crippen LogP contribution in [0.25, 0.3) is 0 Å². The Bertz CT molecular complexity index is 636. The number of aliphatic imine (C=N–C) groups is 1. The molecule has 0 bridgehead atoms. The van der Waals surface area contributed by atoms with Gasteiger partial charge in [-0.05, 0) is 19.1 Å². The van der Waals surface area contributed by atoms with Gasteiger partial charge >= 0.3 is 5.97 Å². The van der Waals surface area contributed by atoms with Gasteiger partial charge in [0.15, 0.2) is 0 Å². The van der Waals surface area contributed by atoms with E-state index in [0.717, 1.165) is 5.69 Å². The van der Waals surface area contributed by atoms with Crippen LogP contribution in [-0.2, 0) is 4.74 Å². The molecule has 0 atom stereocenters. The number of para-hydroxylation sites is 1. The third kappa shape index (κ3) is 3.21. The van der Waals surface area contributed by atoms with E-state index >= 15 is 0 Å². The number of nitrogens with one attached hydrogen (secondary N) is 1. The minimum atomic E-state index is -0.532. The van der Waals surface area contributed by atoms with Crippen molar-refractivity contribution in [2.75, 3.05) is 6.61 Å². The molecular weight excluding hydrogens is 299 g/mol. The van der Waals surface area contributed by atoms with Gasteiger partial charge in [0.2, 0.25) is 0 Å². The van der Waals surface area contributed by atoms with Gasteiger partial charge in [0.05, 0.1) is 29.2 Å². The second-order valence-electron chi connectivity index (χ2n) is 3.86. The summed E-state index contributed by atoms with van der Waals surface area (Å²) in [6, 6.07) is 9.31. The zero-order valence-electron chi connectivity index (χ0n) is 10.7. The second-order valence-corrected chi connectivity index (χ2v) is 4.61. The lowest BCUT2D eigenvalue weighted by atomic mass is 10.2. The molecule has 1 heterocycles. The van der Waals surface area contributed by atoms with Gasteiger partial charge in [0.1, 0.15) is 10.7 Å². The minimum Gasteiger partial charge on any atom is -0.462 e. The number of esters is 1. The van der Waals surface area contributed by atoms with Crippen molar-refractivity contribution in [2.45, 2.75) is 6.92 Å². The molecule has 0 spiro atoms. The number of rotatable bonds is 4. The van der Waals surface area contributed by atoms with Gasteiger partial charge in [0, 0.05) is 0 Å². The second kappa shape index (κ2) is 6.59. The topological polar surface area (TPSA) is 54.4 Å². The average Bonchev–Trinajstić information content (AvgIpc) is 2.73. The lowest BCUT2D eigenvalue weighted by Gasteiger charge is -2.01. The Morgan fingerprint density at radius 2 is 2.05 bits per heavy atom. The summed E-state index contributed by atoms with van der Waals surface area (Å²) in [6.45, 7) is 1.98. The highest BCUT2D eigenvalue weighted by Gasteiger charge is 2.21. The largest absolute Gasteiger partial charge is 0.462 e. The summed E-state index contributed by atoms with van der Waals surface area (Å²) in [5.41, 5.74) is 1.37. The van der Waals surface area contributed by atoms with E-state index in [1.165, 1.54) is 6.21 Å². The van der Waals surface area contributed by atoms with Crippen LogP contribution >= 0.6 is 23.2 Å². The van der Waals surface area contributed by atoms with Crippen LogP contribution in [0.1, 0.15) is 23.0 Å². The number of H-pyrrole nitrogens is 1. The van der Waals surface area contributed by atoms with E-state index < -0.39 is 5.97 Å². The number of benzene rings is 1. The molecule has 4 nitrogen and oxygen atoms in total. The predicted octanol–water partition coefficient (Wildman–Crippen LogP) is 4.25. The Hall–Kier alpha value is -1.78. The maximum atomic E-state index is 11.9. The zero-order valence-corrected chi connectivity index (χ0v) is 12.2. The zero-order chi connectivity index (χ0) is 14.5. The molecular formula is C14H12Cl2N2O2. The molecule has 0 aliphatic rings. The summed E-state index contributed by atoms with van der Waals surface area (Å²) >= 11 is 11.9. The first-order valence-electron chi connectivity index (χ1n) is 5.96. The molecule has 0 fully saturated rings. The molecule has 0 amide bonds. The van der Waals surface area contributed by atoms with Crippen LogP contribution < -0.4 is 0 Å². The molecule has 0 saturated carbocycles. The molecule has 104 valence electrons. The first-order valence-corrected chi connectivity index (χ1v) is 6.72. The number of aromatic nitrogens is 1. The number of aromatic amines is 1. The molecule has 0 unspecified atom stereocenters. The van der Waals surface area contributed by atoms with Gasteiger partial charge in [-0.2, -0.15) is 0 Å². The Morgan fingerprint density at radius 3 is 2.70 bits per heavy atom. The van der Waals surface area contributed by atoms with E-state index in [-0.39, 0.29) is 22.3 Å². The van der Waals surface area contributed by atoms with Crippen molar-refractivity contribution in [1.82, 2.24) is 4.98 Å². The van der Waals surface area contributed by atoms with E-state index in [2.05, 4.69) is 9.98 Å². The summed E-state index contributed by atoms with van der Waals surface area (Å²) in [4.78, 5) is 18.9. The van der Waals surface area contributed by atoms with Gasteiger partial charge in [0.25, 0.3) is 0 Å². The molecule has 20 heavy (non-hydrogen) atoms. The van der Waals surface area contributed by atoms with Crippen LogP contribution in [0.15, 0.2) is 35.3 Å². The Labute approximate surface area is 126 Å². The molecule has 0 aliphatic carbocycles. The van der Waals surface area contributed by atoms with Crippen molar-refractivity contribution < 1.29 is 9.53 Å². The third-order valence-electron chi connectivity index (χ3n) is 2.50. The van der Waals surface area contributed by atoms with Crippen LogP contribution in [0, 0.1) is 0 Å². The molecule has 2 aromatic rings. The van der Waals surface area contributed by atoms with Gasteiger partial charge in [-0.15, -0.1) is 0 Å². The van der Waals surface area contributed by atoms with E-state index in [0.29, 0.717) is 5.69 Å². The SMILES string of the molecule is CCOC(=O)c1c(C=Nc2ccccc2)[nH]c(Cl)c1Cl. The predicted molar refractivity (Wildman–Crippen MR) is 80.5 cm³/mol. The highest BCUT2D eigenvalue weighted by atomic mass is 35.5. The van der Waals surface area contributed by atoms with E-state index in [1.54, 1.807) is 6.92 Å². The maximum Gasteiger partial charge on any atom is 0.341 e. The maximum absolute atomic E-state index is 11.9. The average molecular weight is 311 g/mol. The van der Waals surface area contributed by atoms with Crippen molar-refractivity contribution in [1.29, 1.82) is 0 Å². The van der Waals surface area contributed by atoms with Gasteiger partial charge in [-0.1, -0.05) is 41.4 Å².